The topological polar surface area (TPSA) is 78.3 Å². The molecule has 0 saturated carbocycles. The van der Waals surface area contributed by atoms with Gasteiger partial charge in [-0.1, -0.05) is 12.1 Å². The average Bonchev–Trinajstić information content (AvgIpc) is 2.71. The first-order valence-electron chi connectivity index (χ1n) is 9.45. The number of carbonyl (C=O) groups excluding carboxylic acids is 2. The number of pyridine rings is 2. The molecule has 0 atom stereocenters. The van der Waals surface area contributed by atoms with Crippen molar-refractivity contribution in [2.24, 2.45) is 0 Å². The maximum atomic E-state index is 14.1. The number of ketones is 1. The van der Waals surface area contributed by atoms with Crippen LogP contribution >= 0.6 is 0 Å². The molecule has 0 aliphatic rings. The lowest BCUT2D eigenvalue weighted by Crippen LogP contribution is -2.27. The summed E-state index contributed by atoms with van der Waals surface area (Å²) in [4.78, 5) is 41.7. The molecule has 0 bridgehead atoms. The van der Waals surface area contributed by atoms with Crippen molar-refractivity contribution in [3.8, 4) is 0 Å². The van der Waals surface area contributed by atoms with Crippen LogP contribution < -0.4 is 5.43 Å². The SMILES string of the molecule is CCOC(=O)Cn1c(CCc2cccc(F)c2F)c(C(C)=O)c(=O)c2cccnc21. The largest absolute Gasteiger partial charge is 0.465 e. The summed E-state index contributed by atoms with van der Waals surface area (Å²) in [6.45, 7) is 2.80. The second kappa shape index (κ2) is 8.94. The van der Waals surface area contributed by atoms with Gasteiger partial charge in [0, 0.05) is 11.9 Å². The van der Waals surface area contributed by atoms with E-state index >= 15 is 0 Å². The molecule has 3 rings (SSSR count). The zero-order valence-corrected chi connectivity index (χ0v) is 16.6. The third-order valence-electron chi connectivity index (χ3n) is 4.74. The highest BCUT2D eigenvalue weighted by molar-refractivity contribution is 5.98. The molecule has 0 fully saturated rings. The van der Waals surface area contributed by atoms with Gasteiger partial charge in [0.05, 0.1) is 17.6 Å². The lowest BCUT2D eigenvalue weighted by atomic mass is 9.99. The van der Waals surface area contributed by atoms with E-state index in [1.807, 2.05) is 0 Å². The monoisotopic (exact) mass is 414 g/mol. The average molecular weight is 414 g/mol. The normalized spacial score (nSPS) is 10.9. The van der Waals surface area contributed by atoms with Crippen LogP contribution in [0.25, 0.3) is 11.0 Å². The summed E-state index contributed by atoms with van der Waals surface area (Å²) in [6, 6.07) is 6.90. The van der Waals surface area contributed by atoms with Crippen molar-refractivity contribution >= 4 is 22.8 Å². The van der Waals surface area contributed by atoms with Gasteiger partial charge in [-0.15, -0.1) is 0 Å². The Morgan fingerprint density at radius 1 is 1.13 bits per heavy atom. The van der Waals surface area contributed by atoms with E-state index in [-0.39, 0.29) is 53.8 Å². The van der Waals surface area contributed by atoms with Gasteiger partial charge in [-0.25, -0.2) is 13.8 Å². The minimum atomic E-state index is -0.986. The van der Waals surface area contributed by atoms with Gasteiger partial charge < -0.3 is 9.30 Å². The van der Waals surface area contributed by atoms with Crippen molar-refractivity contribution in [3.05, 3.63) is 75.2 Å². The minimum absolute atomic E-state index is 0.0183. The number of aromatic nitrogens is 2. The quantitative estimate of drug-likeness (QED) is 0.438. The number of halogens is 2. The zero-order valence-electron chi connectivity index (χ0n) is 16.6. The molecule has 8 heteroatoms. The molecule has 3 aromatic rings. The van der Waals surface area contributed by atoms with E-state index in [9.17, 15) is 23.2 Å². The second-order valence-electron chi connectivity index (χ2n) is 6.69. The van der Waals surface area contributed by atoms with Crippen LogP contribution in [0.2, 0.25) is 0 Å². The van der Waals surface area contributed by atoms with Crippen molar-refractivity contribution in [1.82, 2.24) is 9.55 Å². The van der Waals surface area contributed by atoms with Crippen molar-refractivity contribution in [3.63, 3.8) is 0 Å². The number of esters is 1. The third-order valence-corrected chi connectivity index (χ3v) is 4.74. The first-order valence-corrected chi connectivity index (χ1v) is 9.45. The number of Topliss-reactive ketones (excluding diaryl/α,β-unsaturated/α-hetero) is 1. The number of carbonyl (C=O) groups is 2. The molecular weight excluding hydrogens is 394 g/mol. The Labute approximate surface area is 171 Å². The Balaban J connectivity index is 2.19. The summed E-state index contributed by atoms with van der Waals surface area (Å²) < 4.78 is 34.1. The van der Waals surface area contributed by atoms with Crippen molar-refractivity contribution in [2.75, 3.05) is 6.61 Å². The van der Waals surface area contributed by atoms with E-state index in [2.05, 4.69) is 4.98 Å². The lowest BCUT2D eigenvalue weighted by Gasteiger charge is -2.18. The molecule has 2 heterocycles. The molecule has 1 aromatic carbocycles. The lowest BCUT2D eigenvalue weighted by molar-refractivity contribution is -0.143. The maximum absolute atomic E-state index is 14.1. The smallest absolute Gasteiger partial charge is 0.326 e. The van der Waals surface area contributed by atoms with Crippen LogP contribution in [0.3, 0.4) is 0 Å². The molecule has 0 radical (unpaired) electrons. The number of ether oxygens (including phenoxy) is 1. The van der Waals surface area contributed by atoms with Gasteiger partial charge in [-0.2, -0.15) is 0 Å². The Morgan fingerprint density at radius 3 is 2.60 bits per heavy atom. The predicted molar refractivity (Wildman–Crippen MR) is 106 cm³/mol. The first-order chi connectivity index (χ1) is 14.3. The Kier molecular flexibility index (Phi) is 6.34. The minimum Gasteiger partial charge on any atom is -0.465 e. The van der Waals surface area contributed by atoms with Crippen LogP contribution in [0.15, 0.2) is 41.3 Å². The van der Waals surface area contributed by atoms with Gasteiger partial charge in [-0.05, 0) is 50.5 Å². The van der Waals surface area contributed by atoms with Crippen molar-refractivity contribution in [1.29, 1.82) is 0 Å². The molecule has 2 aromatic heterocycles. The third kappa shape index (κ3) is 4.12. The molecule has 156 valence electrons. The molecule has 6 nitrogen and oxygen atoms in total. The van der Waals surface area contributed by atoms with Crippen molar-refractivity contribution in [2.45, 2.75) is 33.2 Å². The maximum Gasteiger partial charge on any atom is 0.326 e. The summed E-state index contributed by atoms with van der Waals surface area (Å²) in [5, 5.41) is 0.188. The number of aryl methyl sites for hydroxylation is 1. The molecule has 0 aliphatic heterocycles. The second-order valence-corrected chi connectivity index (χ2v) is 6.69. The van der Waals surface area contributed by atoms with Crippen LogP contribution in [0.1, 0.15) is 35.5 Å². The van der Waals surface area contributed by atoms with Gasteiger partial charge in [0.1, 0.15) is 12.2 Å². The first kappa shape index (κ1) is 21.3. The Morgan fingerprint density at radius 2 is 1.90 bits per heavy atom. The highest BCUT2D eigenvalue weighted by Crippen LogP contribution is 2.20. The van der Waals surface area contributed by atoms with E-state index in [4.69, 9.17) is 4.74 Å². The summed E-state index contributed by atoms with van der Waals surface area (Å²) in [5.74, 6) is -3.03. The summed E-state index contributed by atoms with van der Waals surface area (Å²) in [7, 11) is 0. The van der Waals surface area contributed by atoms with E-state index in [1.165, 1.54) is 35.9 Å². The molecule has 0 saturated heterocycles. The van der Waals surface area contributed by atoms with Gasteiger partial charge in [0.25, 0.3) is 0 Å². The predicted octanol–water partition coefficient (Wildman–Crippen LogP) is 3.23. The molecule has 30 heavy (non-hydrogen) atoms. The fourth-order valence-electron chi connectivity index (χ4n) is 3.44. The van der Waals surface area contributed by atoms with Crippen LogP contribution in [-0.4, -0.2) is 27.9 Å². The number of fused-ring (bicyclic) bond motifs is 1. The highest BCUT2D eigenvalue weighted by Gasteiger charge is 2.22. The van der Waals surface area contributed by atoms with E-state index in [0.29, 0.717) is 0 Å². The molecule has 0 spiro atoms. The fraction of sp³-hybridized carbons (Fsp3) is 0.273. The number of hydrogen-bond acceptors (Lipinski definition) is 5. The summed E-state index contributed by atoms with van der Waals surface area (Å²) in [5.41, 5.74) is -0.0662. The molecule has 0 N–H and O–H groups in total. The molecule has 0 unspecified atom stereocenters. The number of nitrogens with zero attached hydrogens (tertiary/aromatic N) is 2. The van der Waals surface area contributed by atoms with Gasteiger partial charge in [-0.3, -0.25) is 14.4 Å². The van der Waals surface area contributed by atoms with Crippen molar-refractivity contribution < 1.29 is 23.1 Å². The van der Waals surface area contributed by atoms with Gasteiger partial charge in [0.2, 0.25) is 5.43 Å². The number of rotatable bonds is 7. The van der Waals surface area contributed by atoms with Crippen LogP contribution in [-0.2, 0) is 28.9 Å². The molecule has 0 amide bonds. The number of hydrogen-bond donors (Lipinski definition) is 0. The number of benzene rings is 1. The highest BCUT2D eigenvalue weighted by atomic mass is 19.2. The van der Waals surface area contributed by atoms with E-state index < -0.39 is 28.8 Å². The van der Waals surface area contributed by atoms with Crippen LogP contribution in [0.5, 0.6) is 0 Å². The zero-order chi connectivity index (χ0) is 21.8. The Hall–Kier alpha value is -3.42. The van der Waals surface area contributed by atoms with Crippen LogP contribution in [0.4, 0.5) is 8.78 Å². The van der Waals surface area contributed by atoms with E-state index in [0.717, 1.165) is 6.07 Å². The molecule has 0 aliphatic carbocycles. The fourth-order valence-corrected chi connectivity index (χ4v) is 3.44. The van der Waals surface area contributed by atoms with E-state index in [1.54, 1.807) is 13.0 Å². The summed E-state index contributed by atoms with van der Waals surface area (Å²) in [6.07, 6.45) is 1.51. The summed E-state index contributed by atoms with van der Waals surface area (Å²) >= 11 is 0. The Bertz CT molecular complexity index is 1190. The van der Waals surface area contributed by atoms with Gasteiger partial charge in [0.15, 0.2) is 17.4 Å². The molecular formula is C22H20F2N2O4. The van der Waals surface area contributed by atoms with Gasteiger partial charge >= 0.3 is 5.97 Å². The standard InChI is InChI=1S/C22H20F2N2O4/c1-3-30-18(28)12-26-17(10-9-14-6-4-8-16(23)20(14)24)19(13(2)27)21(29)15-7-5-11-25-22(15)26/h4-8,11H,3,9-10,12H2,1-2H3. The van der Waals surface area contributed by atoms with Crippen LogP contribution in [0, 0.1) is 11.6 Å².